The highest BCUT2D eigenvalue weighted by molar-refractivity contribution is 5.89. The molecule has 3 aliphatic heterocycles. The highest BCUT2D eigenvalue weighted by Crippen LogP contribution is 2.38. The van der Waals surface area contributed by atoms with Crippen molar-refractivity contribution in [3.63, 3.8) is 0 Å². The number of aliphatic hydroxyl groups is 6. The van der Waals surface area contributed by atoms with Crippen molar-refractivity contribution >= 4 is 17.9 Å². The first kappa shape index (κ1) is 40.3. The fraction of sp³-hybridized carbons (Fsp3) is 0.710. The number of carbonyl (C=O) groups excluding carboxylic acids is 2. The van der Waals surface area contributed by atoms with Gasteiger partial charge in [-0.2, -0.15) is 0 Å². The lowest BCUT2D eigenvalue weighted by Gasteiger charge is -2.47. The van der Waals surface area contributed by atoms with E-state index in [1.807, 2.05) is 0 Å². The van der Waals surface area contributed by atoms with Gasteiger partial charge < -0.3 is 80.2 Å². The number of methoxy groups -OCH3 is 1. The molecule has 2 fully saturated rings. The Morgan fingerprint density at radius 1 is 1.22 bits per heavy atom. The van der Waals surface area contributed by atoms with Gasteiger partial charge in [0.05, 0.1) is 69.1 Å². The summed E-state index contributed by atoms with van der Waals surface area (Å²) in [6, 6.07) is -0.812. The van der Waals surface area contributed by atoms with Crippen molar-refractivity contribution in [2.24, 2.45) is 34.4 Å². The predicted molar refractivity (Wildman–Crippen MR) is 166 cm³/mol. The molecule has 49 heavy (non-hydrogen) atoms. The molecule has 2 saturated heterocycles. The average Bonchev–Trinajstić information content (AvgIpc) is 3.07. The van der Waals surface area contributed by atoms with Crippen LogP contribution < -0.4 is 21.1 Å². The number of likely N-dealkylation sites (tertiary alicyclic amines) is 1. The van der Waals surface area contributed by atoms with E-state index in [1.54, 1.807) is 19.1 Å². The van der Waals surface area contributed by atoms with Crippen molar-refractivity contribution in [1.82, 2.24) is 5.32 Å². The Bertz CT molecular complexity index is 1200. The van der Waals surface area contributed by atoms with Gasteiger partial charge in [0, 0.05) is 31.6 Å². The number of rotatable bonds is 16. The third kappa shape index (κ3) is 9.75. The van der Waals surface area contributed by atoms with Gasteiger partial charge in [-0.15, -0.1) is 6.58 Å². The largest absolute Gasteiger partial charge is 0.550 e. The smallest absolute Gasteiger partial charge is 0.337 e. The lowest BCUT2D eigenvalue weighted by molar-refractivity contribution is -0.911. The highest BCUT2D eigenvalue weighted by atomic mass is 16.8. The summed E-state index contributed by atoms with van der Waals surface area (Å²) in [5.74, 6) is -8.33. The first-order valence-corrected chi connectivity index (χ1v) is 16.1. The second kappa shape index (κ2) is 18.7. The van der Waals surface area contributed by atoms with Gasteiger partial charge in [0.15, 0.2) is 18.4 Å². The number of allylic oxidation sites excluding steroid dienone is 1. The maximum atomic E-state index is 12.9. The van der Waals surface area contributed by atoms with Crippen molar-refractivity contribution in [1.29, 1.82) is 0 Å². The van der Waals surface area contributed by atoms with Crippen LogP contribution in [-0.4, -0.2) is 151 Å². The normalized spacial score (nSPS) is 34.9. The number of nitrogens with zero attached hydrogens (tertiary/aromatic N) is 1. The number of quaternary nitrogens is 1. The van der Waals surface area contributed by atoms with E-state index in [4.69, 9.17) is 34.5 Å². The fourth-order valence-electron chi connectivity index (χ4n) is 6.34. The van der Waals surface area contributed by atoms with Crippen LogP contribution in [0.5, 0.6) is 0 Å². The van der Waals surface area contributed by atoms with Gasteiger partial charge in [0.25, 0.3) is 0 Å². The first-order chi connectivity index (χ1) is 23.4. The number of carbonyl (C=O) groups is 2. The number of guanidine groups is 1. The molecule has 0 radical (unpaired) electrons. The van der Waals surface area contributed by atoms with Crippen LogP contribution in [0.25, 0.3) is 0 Å². The minimum absolute atomic E-state index is 0.0289. The van der Waals surface area contributed by atoms with Crippen LogP contribution in [0, 0.1) is 23.7 Å². The number of carboxylic acids is 1. The molecular formula is C31H50N4O14. The molecule has 4 unspecified atom stereocenters. The lowest BCUT2D eigenvalue weighted by atomic mass is 9.79. The van der Waals surface area contributed by atoms with Gasteiger partial charge in [0.1, 0.15) is 18.8 Å². The molecule has 3 heterocycles. The summed E-state index contributed by atoms with van der Waals surface area (Å²) < 4.78 is 27.9. The monoisotopic (exact) mass is 702 g/mol. The summed E-state index contributed by atoms with van der Waals surface area (Å²) in [6.45, 7) is 5.30. The molecule has 0 spiro atoms. The molecule has 278 valence electrons. The summed E-state index contributed by atoms with van der Waals surface area (Å²) in [6.07, 6.45) is -1.68. The summed E-state index contributed by atoms with van der Waals surface area (Å²) in [7, 11) is 1.18. The maximum absolute atomic E-state index is 12.9. The van der Waals surface area contributed by atoms with Crippen LogP contribution in [0.3, 0.4) is 0 Å². The highest BCUT2D eigenvalue weighted by Gasteiger charge is 2.57. The Labute approximate surface area is 284 Å². The lowest BCUT2D eigenvalue weighted by Crippen LogP contribution is -3.16. The van der Waals surface area contributed by atoms with E-state index >= 15 is 0 Å². The third-order valence-electron chi connectivity index (χ3n) is 8.84. The molecule has 0 aromatic carbocycles. The first-order valence-electron chi connectivity index (χ1n) is 16.1. The Balaban J connectivity index is 2.00. The van der Waals surface area contributed by atoms with Crippen molar-refractivity contribution < 1.29 is 73.9 Å². The molecule has 0 amide bonds. The zero-order chi connectivity index (χ0) is 36.3. The van der Waals surface area contributed by atoms with E-state index in [2.05, 4.69) is 16.9 Å². The molecule has 0 aromatic heterocycles. The van der Waals surface area contributed by atoms with Crippen LogP contribution in [0.15, 0.2) is 41.6 Å². The molecule has 18 heteroatoms. The number of ether oxygens (including phenoxy) is 5. The van der Waals surface area contributed by atoms with E-state index in [0.717, 1.165) is 11.2 Å². The van der Waals surface area contributed by atoms with E-state index in [9.17, 15) is 40.2 Å². The molecule has 11 atom stereocenters. The van der Waals surface area contributed by atoms with Crippen molar-refractivity contribution in [3.05, 3.63) is 36.6 Å². The summed E-state index contributed by atoms with van der Waals surface area (Å²) in [5.41, 5.74) is 6.13. The zero-order valence-corrected chi connectivity index (χ0v) is 27.6. The van der Waals surface area contributed by atoms with Gasteiger partial charge in [-0.25, -0.2) is 4.79 Å². The van der Waals surface area contributed by atoms with Gasteiger partial charge in [-0.05, 0) is 13.3 Å². The molecule has 0 saturated carbocycles. The van der Waals surface area contributed by atoms with Crippen molar-refractivity contribution in [3.8, 4) is 0 Å². The van der Waals surface area contributed by atoms with Gasteiger partial charge in [-0.1, -0.05) is 18.2 Å². The predicted octanol–water partition coefficient (Wildman–Crippen LogP) is -5.92. The number of piperidine rings is 1. The fourth-order valence-corrected chi connectivity index (χ4v) is 6.34. The summed E-state index contributed by atoms with van der Waals surface area (Å²) >= 11 is 0. The van der Waals surface area contributed by atoms with Crippen LogP contribution in [0.2, 0.25) is 0 Å². The van der Waals surface area contributed by atoms with Gasteiger partial charge in [-0.3, -0.25) is 4.99 Å². The van der Waals surface area contributed by atoms with Crippen LogP contribution in [0.4, 0.5) is 0 Å². The molecule has 0 bridgehead atoms. The van der Waals surface area contributed by atoms with Crippen molar-refractivity contribution in [2.45, 2.75) is 56.1 Å². The molecular weight excluding hydrogens is 652 g/mol. The number of esters is 1. The Morgan fingerprint density at radius 2 is 1.96 bits per heavy atom. The van der Waals surface area contributed by atoms with Crippen LogP contribution in [0.1, 0.15) is 13.3 Å². The number of nitrogens with one attached hydrogen (secondary N) is 2. The average molecular weight is 703 g/mol. The van der Waals surface area contributed by atoms with E-state index < -0.39 is 84.9 Å². The number of aliphatic carboxylic acids is 1. The van der Waals surface area contributed by atoms with E-state index in [0.29, 0.717) is 13.0 Å². The summed E-state index contributed by atoms with van der Waals surface area (Å²) in [4.78, 5) is 30.2. The van der Waals surface area contributed by atoms with Crippen molar-refractivity contribution in [2.75, 3.05) is 59.7 Å². The zero-order valence-electron chi connectivity index (χ0n) is 27.6. The minimum Gasteiger partial charge on any atom is -0.550 e. The minimum atomic E-state index is -2.89. The maximum Gasteiger partial charge on any atom is 0.337 e. The van der Waals surface area contributed by atoms with E-state index in [-0.39, 0.29) is 51.0 Å². The second-order valence-corrected chi connectivity index (χ2v) is 12.0. The molecule has 3 aliphatic rings. The number of hydrogen-bond donors (Lipinski definition) is 9. The van der Waals surface area contributed by atoms with Crippen LogP contribution in [-0.2, 0) is 33.3 Å². The molecule has 0 aromatic rings. The number of aliphatic imine (C=N–C) groups is 1. The molecule has 3 rings (SSSR count). The van der Waals surface area contributed by atoms with Gasteiger partial charge in [0.2, 0.25) is 12.1 Å². The molecule has 0 aliphatic carbocycles. The number of aliphatic hydroxyl groups excluding tert-OH is 4. The number of hydrogen-bond acceptors (Lipinski definition) is 15. The second-order valence-electron chi connectivity index (χ2n) is 12.0. The van der Waals surface area contributed by atoms with Crippen LogP contribution >= 0.6 is 0 Å². The third-order valence-corrected chi connectivity index (χ3v) is 8.84. The Hall–Kier alpha value is -3.17. The Morgan fingerprint density at radius 3 is 2.55 bits per heavy atom. The SMILES string of the molecule is C=C[C@H]1[C@@H](O[C@@H]2O[C@H](CO)[C@@H](O)C(O)(O)[C@@H]2OCC)OC=C(C(=O)OC)[C@H]1C=CC1C[NH+](CCO)CC(C(=O)[O-])C1NC(N)=NCCCO. The number of carboxylic acid groups (broad SMARTS) is 1. The molecule has 18 nitrogen and oxygen atoms in total. The molecule has 10 N–H and O–H groups in total. The van der Waals surface area contributed by atoms with Gasteiger partial charge >= 0.3 is 5.97 Å². The summed E-state index contributed by atoms with van der Waals surface area (Å²) in [5, 5.41) is 75.6. The quantitative estimate of drug-likeness (QED) is 0.0181. The standard InChI is InChI=1S/C31H50N4O14/c1-4-18-19(8-7-17-13-35(10-12-37)14-20(26(40)41)23(17)34-30(32)33-9-6-11-36)21(27(42)45-3)16-47-28(18)49-29-25(46-5-2)31(43,44)24(39)22(15-38)48-29/h4,7-8,16-20,22-25,28-29,36-39,43-44H,1,5-6,9-15H2,2-3H3,(H,40,41)(H3,32,33,34)/t17?,18-,19+,20?,22-,23?,24-,25-,28-,29+/m1/s1. The topological polar surface area (TPSA) is 280 Å². The Kier molecular flexibility index (Phi) is 15.4. The van der Waals surface area contributed by atoms with E-state index in [1.165, 1.54) is 13.2 Å². The number of nitrogens with two attached hydrogens (primary N) is 1.